The lowest BCUT2D eigenvalue weighted by atomic mass is 9.83. The number of fused-ring (bicyclic) bond motifs is 3. The molecule has 3 heterocycles. The van der Waals surface area contributed by atoms with Crippen LogP contribution in [0.5, 0.6) is 0 Å². The number of hydrogen-bond donors (Lipinski definition) is 1. The van der Waals surface area contributed by atoms with E-state index in [4.69, 9.17) is 11.6 Å². The third-order valence-corrected chi connectivity index (χ3v) is 6.24. The Kier molecular flexibility index (Phi) is 4.53. The van der Waals surface area contributed by atoms with Crippen molar-refractivity contribution in [3.63, 3.8) is 0 Å². The Balaban J connectivity index is 1.65. The fraction of sp³-hybridized carbons (Fsp3) is 0.381. The highest BCUT2D eigenvalue weighted by molar-refractivity contribution is 6.37. The smallest absolute Gasteiger partial charge is 0.250 e. The van der Waals surface area contributed by atoms with E-state index in [0.717, 1.165) is 43.6 Å². The van der Waals surface area contributed by atoms with E-state index in [1.807, 2.05) is 60.7 Å². The highest BCUT2D eigenvalue weighted by atomic mass is 35.5. The third kappa shape index (κ3) is 3.07. The molecule has 3 aliphatic rings. The Morgan fingerprint density at radius 1 is 0.960 bits per heavy atom. The van der Waals surface area contributed by atoms with Crippen molar-refractivity contribution >= 4 is 17.5 Å². The van der Waals surface area contributed by atoms with Crippen molar-refractivity contribution < 1.29 is 4.79 Å². The van der Waals surface area contributed by atoms with Crippen molar-refractivity contribution in [2.24, 2.45) is 5.92 Å². The summed E-state index contributed by atoms with van der Waals surface area (Å²) in [6.45, 7) is 3.24. The Morgan fingerprint density at radius 3 is 1.92 bits per heavy atom. The van der Waals surface area contributed by atoms with E-state index in [0.29, 0.717) is 5.92 Å². The molecular weight excluding hydrogens is 332 g/mol. The third-order valence-electron chi connectivity index (χ3n) is 5.63. The van der Waals surface area contributed by atoms with Crippen molar-refractivity contribution in [1.82, 2.24) is 10.2 Å². The summed E-state index contributed by atoms with van der Waals surface area (Å²) in [5, 5.41) is 3.28. The second kappa shape index (κ2) is 6.81. The summed E-state index contributed by atoms with van der Waals surface area (Å²) >= 11 is 7.04. The molecule has 2 aromatic carbocycles. The summed E-state index contributed by atoms with van der Waals surface area (Å²) in [4.78, 5) is 14.6. The van der Waals surface area contributed by atoms with Crippen molar-refractivity contribution in [3.8, 4) is 0 Å². The van der Waals surface area contributed by atoms with Crippen LogP contribution in [0.1, 0.15) is 24.0 Å². The molecule has 0 saturated carbocycles. The van der Waals surface area contributed by atoms with Gasteiger partial charge in [0.15, 0.2) is 4.87 Å². The van der Waals surface area contributed by atoms with Gasteiger partial charge in [-0.15, -0.1) is 0 Å². The number of halogens is 1. The van der Waals surface area contributed by atoms with Gasteiger partial charge in [0, 0.05) is 12.6 Å². The van der Waals surface area contributed by atoms with Crippen LogP contribution in [0, 0.1) is 5.92 Å². The molecule has 0 spiro atoms. The maximum atomic E-state index is 13.3. The molecule has 3 fully saturated rings. The number of hydrogen-bond acceptors (Lipinski definition) is 2. The Bertz CT molecular complexity index is 687. The molecule has 0 aromatic heterocycles. The first-order valence-corrected chi connectivity index (χ1v) is 9.39. The van der Waals surface area contributed by atoms with E-state index in [-0.39, 0.29) is 11.9 Å². The minimum atomic E-state index is -1.20. The van der Waals surface area contributed by atoms with Crippen molar-refractivity contribution in [2.45, 2.75) is 23.8 Å². The molecule has 1 amide bonds. The zero-order chi connectivity index (χ0) is 17.3. The number of nitrogens with one attached hydrogen (secondary N) is 1. The SMILES string of the molecule is O=C(N[C@@H]1CN2CCC1CC2)C(Cl)(c1ccccc1)c1ccccc1. The van der Waals surface area contributed by atoms with Crippen LogP contribution in [-0.4, -0.2) is 36.5 Å². The number of carbonyl (C=O) groups excluding carboxylic acids is 1. The van der Waals surface area contributed by atoms with Gasteiger partial charge >= 0.3 is 0 Å². The van der Waals surface area contributed by atoms with Crippen LogP contribution in [0.25, 0.3) is 0 Å². The van der Waals surface area contributed by atoms with E-state index < -0.39 is 4.87 Å². The van der Waals surface area contributed by atoms with Crippen LogP contribution in [0.15, 0.2) is 60.7 Å². The van der Waals surface area contributed by atoms with Crippen LogP contribution in [-0.2, 0) is 9.67 Å². The van der Waals surface area contributed by atoms with Gasteiger partial charge in [0.05, 0.1) is 0 Å². The van der Waals surface area contributed by atoms with Gasteiger partial charge in [-0.25, -0.2) is 0 Å². The van der Waals surface area contributed by atoms with E-state index in [1.54, 1.807) is 0 Å². The van der Waals surface area contributed by atoms with Crippen molar-refractivity contribution in [3.05, 3.63) is 71.8 Å². The monoisotopic (exact) mass is 354 g/mol. The summed E-state index contributed by atoms with van der Waals surface area (Å²) < 4.78 is 0. The maximum absolute atomic E-state index is 13.3. The highest BCUT2D eigenvalue weighted by Crippen LogP contribution is 2.38. The predicted octanol–water partition coefficient (Wildman–Crippen LogP) is 3.38. The number of piperidine rings is 3. The van der Waals surface area contributed by atoms with Crippen molar-refractivity contribution in [1.29, 1.82) is 0 Å². The first kappa shape index (κ1) is 16.6. The lowest BCUT2D eigenvalue weighted by Crippen LogP contribution is -2.59. The van der Waals surface area contributed by atoms with E-state index in [9.17, 15) is 4.79 Å². The maximum Gasteiger partial charge on any atom is 0.250 e. The Morgan fingerprint density at radius 2 is 1.48 bits per heavy atom. The average Bonchev–Trinajstić information content (AvgIpc) is 2.69. The van der Waals surface area contributed by atoms with Gasteiger partial charge in [-0.3, -0.25) is 4.79 Å². The summed E-state index contributed by atoms with van der Waals surface area (Å²) in [7, 11) is 0. The molecule has 25 heavy (non-hydrogen) atoms. The van der Waals surface area contributed by atoms with Crippen LogP contribution < -0.4 is 5.32 Å². The van der Waals surface area contributed by atoms with Crippen LogP contribution in [0.4, 0.5) is 0 Å². The molecule has 4 heteroatoms. The normalized spacial score (nSPS) is 25.6. The molecular formula is C21H23ClN2O. The molecule has 0 aliphatic carbocycles. The number of carbonyl (C=O) groups is 1. The molecule has 3 saturated heterocycles. The quantitative estimate of drug-likeness (QED) is 0.854. The highest BCUT2D eigenvalue weighted by Gasteiger charge is 2.43. The molecule has 2 aromatic rings. The molecule has 3 aliphatic heterocycles. The zero-order valence-corrected chi connectivity index (χ0v) is 15.0. The van der Waals surface area contributed by atoms with E-state index >= 15 is 0 Å². The van der Waals surface area contributed by atoms with Crippen LogP contribution in [0.2, 0.25) is 0 Å². The van der Waals surface area contributed by atoms with Crippen LogP contribution >= 0.6 is 11.6 Å². The van der Waals surface area contributed by atoms with Gasteiger partial charge in [-0.05, 0) is 43.0 Å². The average molecular weight is 355 g/mol. The van der Waals surface area contributed by atoms with Gasteiger partial charge in [-0.2, -0.15) is 0 Å². The second-order valence-corrected chi connectivity index (χ2v) is 7.68. The largest absolute Gasteiger partial charge is 0.350 e. The van der Waals surface area contributed by atoms with Gasteiger partial charge in [0.1, 0.15) is 0 Å². The van der Waals surface area contributed by atoms with Gasteiger partial charge in [0.2, 0.25) is 0 Å². The molecule has 1 N–H and O–H groups in total. The Hall–Kier alpha value is -1.84. The van der Waals surface area contributed by atoms with Crippen molar-refractivity contribution in [2.75, 3.05) is 19.6 Å². The van der Waals surface area contributed by atoms with Gasteiger partial charge < -0.3 is 10.2 Å². The lowest BCUT2D eigenvalue weighted by molar-refractivity contribution is -0.125. The fourth-order valence-electron chi connectivity index (χ4n) is 4.16. The standard InChI is InChI=1S/C21H23ClN2O/c22-21(17-7-3-1-4-8-17,18-9-5-2-6-10-18)20(25)23-19-15-24-13-11-16(19)12-14-24/h1-10,16,19H,11-15H2,(H,23,25)/t19-/m1/s1. The molecule has 5 rings (SSSR count). The van der Waals surface area contributed by atoms with E-state index in [2.05, 4.69) is 10.2 Å². The molecule has 3 nitrogen and oxygen atoms in total. The summed E-state index contributed by atoms with van der Waals surface area (Å²) in [5.74, 6) is 0.451. The first-order valence-electron chi connectivity index (χ1n) is 9.01. The zero-order valence-electron chi connectivity index (χ0n) is 14.2. The number of alkyl halides is 1. The predicted molar refractivity (Wildman–Crippen MR) is 101 cm³/mol. The number of nitrogens with zero attached hydrogens (tertiary/aromatic N) is 1. The summed E-state index contributed by atoms with van der Waals surface area (Å²) in [5.41, 5.74) is 1.61. The number of amides is 1. The van der Waals surface area contributed by atoms with Gasteiger partial charge in [-0.1, -0.05) is 72.3 Å². The molecule has 1 atom stereocenters. The summed E-state index contributed by atoms with van der Waals surface area (Å²) in [6.07, 6.45) is 2.33. The minimum Gasteiger partial charge on any atom is -0.350 e. The second-order valence-electron chi connectivity index (χ2n) is 7.11. The van der Waals surface area contributed by atoms with E-state index in [1.165, 1.54) is 0 Å². The van der Waals surface area contributed by atoms with Gasteiger partial charge in [0.25, 0.3) is 5.91 Å². The number of rotatable bonds is 4. The number of benzene rings is 2. The molecule has 0 radical (unpaired) electrons. The first-order chi connectivity index (χ1) is 12.2. The molecule has 0 unspecified atom stereocenters. The summed E-state index contributed by atoms with van der Waals surface area (Å²) in [6, 6.07) is 19.5. The van der Waals surface area contributed by atoms with Crippen LogP contribution in [0.3, 0.4) is 0 Å². The Labute approximate surface area is 154 Å². The topological polar surface area (TPSA) is 32.3 Å². The fourth-order valence-corrected chi connectivity index (χ4v) is 4.47. The molecule has 130 valence electrons. The minimum absolute atomic E-state index is 0.120. The lowest BCUT2D eigenvalue weighted by Gasteiger charge is -2.45. The molecule has 2 bridgehead atoms.